The fourth-order valence-corrected chi connectivity index (χ4v) is 2.53. The Hall–Kier alpha value is -3.15. The van der Waals surface area contributed by atoms with Crippen LogP contribution >= 0.6 is 0 Å². The highest BCUT2D eigenvalue weighted by Gasteiger charge is 2.12. The topological polar surface area (TPSA) is 81.5 Å². The van der Waals surface area contributed by atoms with Gasteiger partial charge in [0.2, 0.25) is 5.88 Å². The molecule has 3 aromatic rings. The van der Waals surface area contributed by atoms with Crippen LogP contribution in [-0.4, -0.2) is 34.3 Å². The molecule has 6 heteroatoms. The number of aromatic nitrogens is 2. The zero-order chi connectivity index (χ0) is 18.4. The number of carboxylic acid groups (broad SMARTS) is 1. The second kappa shape index (κ2) is 8.29. The molecule has 0 aliphatic heterocycles. The third-order valence-corrected chi connectivity index (χ3v) is 3.76. The second-order valence-corrected chi connectivity index (χ2v) is 5.87. The molecular weight excluding hydrogens is 332 g/mol. The number of carbonyl (C=O) groups is 1. The Labute approximate surface area is 151 Å². The molecule has 2 aromatic carbocycles. The summed E-state index contributed by atoms with van der Waals surface area (Å²) < 4.78 is 11.4. The molecule has 0 bridgehead atoms. The summed E-state index contributed by atoms with van der Waals surface area (Å²) in [4.78, 5) is 19.9. The smallest absolute Gasteiger partial charge is 0.303 e. The van der Waals surface area contributed by atoms with E-state index in [0.717, 1.165) is 16.8 Å². The molecule has 26 heavy (non-hydrogen) atoms. The van der Waals surface area contributed by atoms with Crippen LogP contribution in [-0.2, 0) is 11.2 Å². The van der Waals surface area contributed by atoms with Crippen molar-refractivity contribution >= 4 is 17.0 Å². The first-order valence-electron chi connectivity index (χ1n) is 8.41. The van der Waals surface area contributed by atoms with E-state index in [9.17, 15) is 4.79 Å². The van der Waals surface area contributed by atoms with Gasteiger partial charge in [0.15, 0.2) is 0 Å². The molecule has 0 saturated heterocycles. The number of benzene rings is 2. The van der Waals surface area contributed by atoms with Gasteiger partial charge >= 0.3 is 5.97 Å². The maximum Gasteiger partial charge on any atom is 0.303 e. The number of hydrogen-bond acceptors (Lipinski definition) is 5. The highest BCUT2D eigenvalue weighted by Crippen LogP contribution is 2.20. The summed E-state index contributed by atoms with van der Waals surface area (Å²) in [5.74, 6) is 0.260. The molecule has 1 N–H and O–H groups in total. The Morgan fingerprint density at radius 2 is 1.73 bits per heavy atom. The largest absolute Gasteiger partial charge is 0.490 e. The van der Waals surface area contributed by atoms with Crippen molar-refractivity contribution in [1.82, 2.24) is 9.97 Å². The standard InChI is InChI=1S/C20H20N2O4/c1-14-5-4-6-15(13-14)25-11-12-26-20-18(9-10-19(23)24)21-16-7-2-3-8-17(16)22-20/h2-8,13H,9-12H2,1H3,(H,23,24). The molecule has 3 rings (SSSR count). The van der Waals surface area contributed by atoms with E-state index in [2.05, 4.69) is 9.97 Å². The first kappa shape index (κ1) is 17.7. The van der Waals surface area contributed by atoms with Crippen molar-refractivity contribution in [3.05, 3.63) is 59.8 Å². The van der Waals surface area contributed by atoms with Crippen LogP contribution in [0.3, 0.4) is 0 Å². The van der Waals surface area contributed by atoms with Gasteiger partial charge in [0.1, 0.15) is 24.7 Å². The van der Waals surface area contributed by atoms with Crippen molar-refractivity contribution < 1.29 is 19.4 Å². The van der Waals surface area contributed by atoms with Crippen molar-refractivity contribution in [2.24, 2.45) is 0 Å². The first-order valence-corrected chi connectivity index (χ1v) is 8.41. The highest BCUT2D eigenvalue weighted by atomic mass is 16.5. The van der Waals surface area contributed by atoms with Gasteiger partial charge in [0, 0.05) is 6.42 Å². The van der Waals surface area contributed by atoms with E-state index >= 15 is 0 Å². The lowest BCUT2D eigenvalue weighted by molar-refractivity contribution is -0.136. The van der Waals surface area contributed by atoms with Gasteiger partial charge in [-0.2, -0.15) is 0 Å². The van der Waals surface area contributed by atoms with Crippen LogP contribution in [0.25, 0.3) is 11.0 Å². The minimum absolute atomic E-state index is 0.0246. The Kier molecular flexibility index (Phi) is 5.63. The molecule has 0 radical (unpaired) electrons. The average molecular weight is 352 g/mol. The van der Waals surface area contributed by atoms with E-state index in [1.165, 1.54) is 0 Å². The van der Waals surface area contributed by atoms with Crippen molar-refractivity contribution in [3.8, 4) is 11.6 Å². The zero-order valence-electron chi connectivity index (χ0n) is 14.5. The maximum absolute atomic E-state index is 10.9. The fraction of sp³-hybridized carbons (Fsp3) is 0.250. The molecule has 6 nitrogen and oxygen atoms in total. The summed E-state index contributed by atoms with van der Waals surface area (Å²) in [7, 11) is 0. The predicted octanol–water partition coefficient (Wildman–Crippen LogP) is 3.41. The van der Waals surface area contributed by atoms with Crippen molar-refractivity contribution in [3.63, 3.8) is 0 Å². The summed E-state index contributed by atoms with van der Waals surface area (Å²) in [6.45, 7) is 2.65. The van der Waals surface area contributed by atoms with Gasteiger partial charge < -0.3 is 14.6 Å². The van der Waals surface area contributed by atoms with Gasteiger partial charge in [-0.1, -0.05) is 24.3 Å². The number of fused-ring (bicyclic) bond motifs is 1. The van der Waals surface area contributed by atoms with Gasteiger partial charge in [-0.25, -0.2) is 9.97 Å². The summed E-state index contributed by atoms with van der Waals surface area (Å²) >= 11 is 0. The normalized spacial score (nSPS) is 10.7. The molecule has 1 heterocycles. The summed E-state index contributed by atoms with van der Waals surface area (Å²) in [6, 6.07) is 15.2. The van der Waals surface area contributed by atoms with Crippen molar-refractivity contribution in [2.75, 3.05) is 13.2 Å². The molecule has 0 saturated carbocycles. The molecule has 0 amide bonds. The lowest BCUT2D eigenvalue weighted by Crippen LogP contribution is -2.12. The summed E-state index contributed by atoms with van der Waals surface area (Å²) in [5.41, 5.74) is 3.10. The molecule has 0 fully saturated rings. The number of para-hydroxylation sites is 2. The second-order valence-electron chi connectivity index (χ2n) is 5.87. The Morgan fingerprint density at radius 1 is 1.00 bits per heavy atom. The third kappa shape index (κ3) is 4.69. The molecule has 134 valence electrons. The summed E-state index contributed by atoms with van der Waals surface area (Å²) in [5, 5.41) is 8.93. The molecule has 1 aromatic heterocycles. The van der Waals surface area contributed by atoms with E-state index in [1.54, 1.807) is 0 Å². The fourth-order valence-electron chi connectivity index (χ4n) is 2.53. The van der Waals surface area contributed by atoms with E-state index < -0.39 is 5.97 Å². The molecular formula is C20H20N2O4. The molecule has 0 spiro atoms. The zero-order valence-corrected chi connectivity index (χ0v) is 14.5. The van der Waals surface area contributed by atoms with E-state index in [0.29, 0.717) is 30.3 Å². The molecule has 0 atom stereocenters. The minimum atomic E-state index is -0.881. The van der Waals surface area contributed by atoms with Crippen LogP contribution in [0.4, 0.5) is 0 Å². The van der Waals surface area contributed by atoms with Crippen molar-refractivity contribution in [1.29, 1.82) is 0 Å². The summed E-state index contributed by atoms with van der Waals surface area (Å²) in [6.07, 6.45) is 0.240. The van der Waals surface area contributed by atoms with Gasteiger partial charge in [-0.3, -0.25) is 4.79 Å². The lowest BCUT2D eigenvalue weighted by Gasteiger charge is -2.11. The van der Waals surface area contributed by atoms with E-state index in [-0.39, 0.29) is 12.8 Å². The van der Waals surface area contributed by atoms with Gasteiger partial charge in [-0.15, -0.1) is 0 Å². The predicted molar refractivity (Wildman–Crippen MR) is 97.7 cm³/mol. The monoisotopic (exact) mass is 352 g/mol. The number of ether oxygens (including phenoxy) is 2. The quantitative estimate of drug-likeness (QED) is 0.626. The number of nitrogens with zero attached hydrogens (tertiary/aromatic N) is 2. The number of aliphatic carboxylic acids is 1. The van der Waals surface area contributed by atoms with Crippen molar-refractivity contribution in [2.45, 2.75) is 19.8 Å². The van der Waals surface area contributed by atoms with E-state index in [1.807, 2.05) is 55.5 Å². The van der Waals surface area contributed by atoms with Crippen LogP contribution in [0.2, 0.25) is 0 Å². The molecule has 0 unspecified atom stereocenters. The number of carboxylic acids is 1. The van der Waals surface area contributed by atoms with Crippen LogP contribution < -0.4 is 9.47 Å². The highest BCUT2D eigenvalue weighted by molar-refractivity contribution is 5.75. The molecule has 0 aliphatic carbocycles. The van der Waals surface area contributed by atoms with Gasteiger partial charge in [-0.05, 0) is 36.8 Å². The number of aryl methyl sites for hydroxylation is 2. The Bertz CT molecular complexity index is 911. The first-order chi connectivity index (χ1) is 12.6. The van der Waals surface area contributed by atoms with Crippen LogP contribution in [0.15, 0.2) is 48.5 Å². The van der Waals surface area contributed by atoms with Gasteiger partial charge in [0.05, 0.1) is 17.5 Å². The average Bonchev–Trinajstić information content (AvgIpc) is 2.63. The van der Waals surface area contributed by atoms with E-state index in [4.69, 9.17) is 14.6 Å². The Morgan fingerprint density at radius 3 is 2.46 bits per heavy atom. The maximum atomic E-state index is 10.9. The lowest BCUT2D eigenvalue weighted by atomic mass is 10.2. The third-order valence-electron chi connectivity index (χ3n) is 3.76. The molecule has 0 aliphatic rings. The number of rotatable bonds is 8. The van der Waals surface area contributed by atoms with Crippen LogP contribution in [0, 0.1) is 6.92 Å². The van der Waals surface area contributed by atoms with Gasteiger partial charge in [0.25, 0.3) is 0 Å². The van der Waals surface area contributed by atoms with Crippen LogP contribution in [0.5, 0.6) is 11.6 Å². The SMILES string of the molecule is Cc1cccc(OCCOc2nc3ccccc3nc2CCC(=O)O)c1. The van der Waals surface area contributed by atoms with Crippen LogP contribution in [0.1, 0.15) is 17.7 Å². The Balaban J connectivity index is 1.68. The number of hydrogen-bond donors (Lipinski definition) is 1. The minimum Gasteiger partial charge on any atom is -0.490 e.